The smallest absolute Gasteiger partial charge is 0.00176 e. The predicted octanol–water partition coefficient (Wildman–Crippen LogP) is 3.22. The largest absolute Gasteiger partial charge is 0.317 e. The summed E-state index contributed by atoms with van der Waals surface area (Å²) in [5.74, 6) is 1.48. The Bertz CT molecular complexity index is 313. The third-order valence-corrected chi connectivity index (χ3v) is 3.71. The standard InChI is InChI=1S/C15H24N2.2ClH/c1-13(15-5-3-2-4-6-15)11-17-12-14-7-9-16-10-8-14;;/h2-6,13-14,16-17H,7-12H2,1H3;2*1H. The number of halogens is 2. The van der Waals surface area contributed by atoms with Gasteiger partial charge in [-0.2, -0.15) is 0 Å². The lowest BCUT2D eigenvalue weighted by Gasteiger charge is -2.23. The molecule has 4 heteroatoms. The maximum absolute atomic E-state index is 3.63. The van der Waals surface area contributed by atoms with Crippen molar-refractivity contribution in [1.82, 2.24) is 10.6 Å². The fourth-order valence-electron chi connectivity index (χ4n) is 2.49. The summed E-state index contributed by atoms with van der Waals surface area (Å²) < 4.78 is 0. The lowest BCUT2D eigenvalue weighted by molar-refractivity contribution is 0.354. The van der Waals surface area contributed by atoms with Gasteiger partial charge in [0.25, 0.3) is 0 Å². The van der Waals surface area contributed by atoms with Gasteiger partial charge in [0.15, 0.2) is 0 Å². The zero-order valence-electron chi connectivity index (χ0n) is 11.6. The first-order chi connectivity index (χ1) is 8.36. The summed E-state index contributed by atoms with van der Waals surface area (Å²) in [7, 11) is 0. The van der Waals surface area contributed by atoms with Gasteiger partial charge in [0.05, 0.1) is 0 Å². The molecule has 1 atom stereocenters. The van der Waals surface area contributed by atoms with Gasteiger partial charge in [0.1, 0.15) is 0 Å². The summed E-state index contributed by atoms with van der Waals surface area (Å²) in [6.45, 7) is 6.96. The molecule has 0 bridgehead atoms. The molecule has 0 aromatic heterocycles. The van der Waals surface area contributed by atoms with E-state index in [1.807, 2.05) is 0 Å². The van der Waals surface area contributed by atoms with Gasteiger partial charge in [-0.05, 0) is 49.9 Å². The van der Waals surface area contributed by atoms with Crippen molar-refractivity contribution in [2.24, 2.45) is 5.92 Å². The molecule has 1 unspecified atom stereocenters. The van der Waals surface area contributed by atoms with E-state index in [9.17, 15) is 0 Å². The van der Waals surface area contributed by atoms with Crippen LogP contribution in [-0.4, -0.2) is 26.2 Å². The van der Waals surface area contributed by atoms with Crippen LogP contribution in [0.2, 0.25) is 0 Å². The van der Waals surface area contributed by atoms with Gasteiger partial charge in [-0.3, -0.25) is 0 Å². The molecular formula is C15H26Cl2N2. The Balaban J connectivity index is 0.00000162. The predicted molar refractivity (Wildman–Crippen MR) is 87.8 cm³/mol. The molecule has 1 aliphatic heterocycles. The summed E-state index contributed by atoms with van der Waals surface area (Å²) >= 11 is 0. The van der Waals surface area contributed by atoms with E-state index in [2.05, 4.69) is 47.9 Å². The van der Waals surface area contributed by atoms with E-state index in [1.54, 1.807) is 0 Å². The molecule has 1 aliphatic rings. The van der Waals surface area contributed by atoms with Crippen LogP contribution < -0.4 is 10.6 Å². The number of hydrogen-bond donors (Lipinski definition) is 2. The number of rotatable bonds is 5. The van der Waals surface area contributed by atoms with Gasteiger partial charge in [-0.25, -0.2) is 0 Å². The number of piperidine rings is 1. The molecule has 1 aromatic carbocycles. The summed E-state index contributed by atoms with van der Waals surface area (Å²) in [6, 6.07) is 10.8. The van der Waals surface area contributed by atoms with Gasteiger partial charge in [0.2, 0.25) is 0 Å². The van der Waals surface area contributed by atoms with E-state index in [-0.39, 0.29) is 24.8 Å². The molecule has 0 saturated carbocycles. The summed E-state index contributed by atoms with van der Waals surface area (Å²) in [4.78, 5) is 0. The lowest BCUT2D eigenvalue weighted by Crippen LogP contribution is -2.34. The Morgan fingerprint density at radius 3 is 2.42 bits per heavy atom. The quantitative estimate of drug-likeness (QED) is 0.873. The minimum atomic E-state index is 0. The van der Waals surface area contributed by atoms with Gasteiger partial charge >= 0.3 is 0 Å². The van der Waals surface area contributed by atoms with Crippen molar-refractivity contribution in [3.63, 3.8) is 0 Å². The molecule has 1 aromatic rings. The maximum Gasteiger partial charge on any atom is 0.00176 e. The third kappa shape index (κ3) is 6.62. The molecule has 19 heavy (non-hydrogen) atoms. The van der Waals surface area contributed by atoms with Crippen LogP contribution in [0.5, 0.6) is 0 Å². The molecule has 0 aliphatic carbocycles. The van der Waals surface area contributed by atoms with Crippen molar-refractivity contribution in [3.8, 4) is 0 Å². The molecule has 0 amide bonds. The second kappa shape index (κ2) is 10.5. The maximum atomic E-state index is 3.63. The number of benzene rings is 1. The van der Waals surface area contributed by atoms with Crippen LogP contribution in [0.15, 0.2) is 30.3 Å². The van der Waals surface area contributed by atoms with Crippen molar-refractivity contribution < 1.29 is 0 Å². The van der Waals surface area contributed by atoms with Crippen LogP contribution in [0.3, 0.4) is 0 Å². The van der Waals surface area contributed by atoms with Crippen LogP contribution in [-0.2, 0) is 0 Å². The van der Waals surface area contributed by atoms with E-state index in [4.69, 9.17) is 0 Å². The van der Waals surface area contributed by atoms with Crippen LogP contribution in [0, 0.1) is 5.92 Å². The van der Waals surface area contributed by atoms with Gasteiger partial charge in [-0.15, -0.1) is 24.8 Å². The highest BCUT2D eigenvalue weighted by Gasteiger charge is 2.12. The highest BCUT2D eigenvalue weighted by atomic mass is 35.5. The van der Waals surface area contributed by atoms with Crippen LogP contribution in [0.4, 0.5) is 0 Å². The number of nitrogens with one attached hydrogen (secondary N) is 2. The van der Waals surface area contributed by atoms with Gasteiger partial charge in [0, 0.05) is 6.54 Å². The molecule has 0 radical (unpaired) electrons. The molecule has 2 nitrogen and oxygen atoms in total. The fraction of sp³-hybridized carbons (Fsp3) is 0.600. The molecule has 110 valence electrons. The fourth-order valence-corrected chi connectivity index (χ4v) is 2.49. The average molecular weight is 305 g/mol. The Hall–Kier alpha value is -0.280. The van der Waals surface area contributed by atoms with Crippen molar-refractivity contribution in [1.29, 1.82) is 0 Å². The lowest BCUT2D eigenvalue weighted by atomic mass is 9.97. The second-order valence-corrected chi connectivity index (χ2v) is 5.16. The van der Waals surface area contributed by atoms with Gasteiger partial charge < -0.3 is 10.6 Å². The van der Waals surface area contributed by atoms with E-state index < -0.39 is 0 Å². The van der Waals surface area contributed by atoms with E-state index in [0.29, 0.717) is 5.92 Å². The molecule has 1 fully saturated rings. The van der Waals surface area contributed by atoms with E-state index in [1.165, 1.54) is 38.0 Å². The Morgan fingerprint density at radius 2 is 1.79 bits per heavy atom. The summed E-state index contributed by atoms with van der Waals surface area (Å²) in [5.41, 5.74) is 1.44. The van der Waals surface area contributed by atoms with E-state index in [0.717, 1.165) is 12.5 Å². The first-order valence-electron chi connectivity index (χ1n) is 6.82. The number of hydrogen-bond acceptors (Lipinski definition) is 2. The molecule has 1 heterocycles. The van der Waals surface area contributed by atoms with Crippen molar-refractivity contribution >= 4 is 24.8 Å². The topological polar surface area (TPSA) is 24.1 Å². The van der Waals surface area contributed by atoms with E-state index >= 15 is 0 Å². The van der Waals surface area contributed by atoms with Gasteiger partial charge in [-0.1, -0.05) is 37.3 Å². The van der Waals surface area contributed by atoms with Crippen molar-refractivity contribution in [2.45, 2.75) is 25.7 Å². The average Bonchev–Trinajstić information content (AvgIpc) is 2.41. The molecule has 0 spiro atoms. The summed E-state index contributed by atoms with van der Waals surface area (Å²) in [5, 5.41) is 7.04. The first kappa shape index (κ1) is 18.7. The Morgan fingerprint density at radius 1 is 1.16 bits per heavy atom. The van der Waals surface area contributed by atoms with Crippen LogP contribution in [0.25, 0.3) is 0 Å². The summed E-state index contributed by atoms with van der Waals surface area (Å²) in [6.07, 6.45) is 2.65. The molecular weight excluding hydrogens is 279 g/mol. The third-order valence-electron chi connectivity index (χ3n) is 3.71. The van der Waals surface area contributed by atoms with Crippen molar-refractivity contribution in [2.75, 3.05) is 26.2 Å². The Labute approximate surface area is 129 Å². The zero-order valence-corrected chi connectivity index (χ0v) is 13.2. The van der Waals surface area contributed by atoms with Crippen LogP contribution >= 0.6 is 24.8 Å². The van der Waals surface area contributed by atoms with Crippen LogP contribution in [0.1, 0.15) is 31.2 Å². The zero-order chi connectivity index (χ0) is 11.9. The first-order valence-corrected chi connectivity index (χ1v) is 6.82. The second-order valence-electron chi connectivity index (χ2n) is 5.16. The SMILES string of the molecule is CC(CNCC1CCNCC1)c1ccccc1.Cl.Cl. The van der Waals surface area contributed by atoms with Crippen molar-refractivity contribution in [3.05, 3.63) is 35.9 Å². The monoisotopic (exact) mass is 304 g/mol. The minimum Gasteiger partial charge on any atom is -0.317 e. The highest BCUT2D eigenvalue weighted by molar-refractivity contribution is 5.85. The molecule has 2 rings (SSSR count). The normalized spacial score (nSPS) is 17.1. The highest BCUT2D eigenvalue weighted by Crippen LogP contribution is 2.14. The molecule has 2 N–H and O–H groups in total. The minimum absolute atomic E-state index is 0. The molecule has 1 saturated heterocycles. The Kier molecular flexibility index (Phi) is 10.3.